The Labute approximate surface area is 104 Å². The van der Waals surface area contributed by atoms with E-state index in [0.29, 0.717) is 12.5 Å². The van der Waals surface area contributed by atoms with Crippen molar-refractivity contribution in [3.05, 3.63) is 0 Å². The maximum Gasteiger partial charge on any atom is 0.313 e. The summed E-state index contributed by atoms with van der Waals surface area (Å²) in [6.45, 7) is 2.65. The number of carbonyl (C=O) groups excluding carboxylic acids is 1. The van der Waals surface area contributed by atoms with Gasteiger partial charge in [-0.3, -0.25) is 4.79 Å². The van der Waals surface area contributed by atoms with Crippen molar-refractivity contribution in [2.24, 2.45) is 17.1 Å². The fourth-order valence-electron chi connectivity index (χ4n) is 3.15. The molecule has 2 atom stereocenters. The third-order valence-electron chi connectivity index (χ3n) is 4.76. The highest BCUT2D eigenvalue weighted by molar-refractivity contribution is 5.78. The summed E-state index contributed by atoms with van der Waals surface area (Å²) in [6.07, 6.45) is 8.98. The Morgan fingerprint density at radius 3 is 2.53 bits per heavy atom. The van der Waals surface area contributed by atoms with Crippen LogP contribution in [0.1, 0.15) is 58.3 Å². The van der Waals surface area contributed by atoms with Gasteiger partial charge in [-0.25, -0.2) is 0 Å². The number of hydrogen-bond acceptors (Lipinski definition) is 3. The Morgan fingerprint density at radius 2 is 2.00 bits per heavy atom. The van der Waals surface area contributed by atoms with E-state index in [2.05, 4.69) is 6.92 Å². The summed E-state index contributed by atoms with van der Waals surface area (Å²) in [5.41, 5.74) is 5.42. The fourth-order valence-corrected chi connectivity index (χ4v) is 3.15. The van der Waals surface area contributed by atoms with Gasteiger partial charge in [-0.05, 0) is 44.4 Å². The second kappa shape index (κ2) is 5.38. The first-order valence-electron chi connectivity index (χ1n) is 7.13. The summed E-state index contributed by atoms with van der Waals surface area (Å²) >= 11 is 0. The molecule has 17 heavy (non-hydrogen) atoms. The molecular formula is C14H25NO2. The van der Waals surface area contributed by atoms with Gasteiger partial charge in [0.15, 0.2) is 0 Å². The van der Waals surface area contributed by atoms with Crippen LogP contribution >= 0.6 is 0 Å². The van der Waals surface area contributed by atoms with Gasteiger partial charge >= 0.3 is 5.97 Å². The molecule has 3 heteroatoms. The monoisotopic (exact) mass is 239 g/mol. The second-order valence-corrected chi connectivity index (χ2v) is 5.73. The third-order valence-corrected chi connectivity index (χ3v) is 4.76. The molecule has 2 rings (SSSR count). The molecule has 0 saturated heterocycles. The van der Waals surface area contributed by atoms with E-state index in [0.717, 1.165) is 32.1 Å². The van der Waals surface area contributed by atoms with Crippen molar-refractivity contribution in [3.8, 4) is 0 Å². The molecule has 0 spiro atoms. The van der Waals surface area contributed by atoms with Crippen LogP contribution in [-0.2, 0) is 9.53 Å². The number of hydrogen-bond donors (Lipinski definition) is 1. The van der Waals surface area contributed by atoms with E-state index in [1.54, 1.807) is 0 Å². The lowest BCUT2D eigenvalue weighted by Crippen LogP contribution is -2.47. The van der Waals surface area contributed by atoms with Crippen LogP contribution in [0.15, 0.2) is 0 Å². The lowest BCUT2D eigenvalue weighted by atomic mass is 9.69. The molecule has 0 aromatic heterocycles. The molecule has 0 bridgehead atoms. The maximum absolute atomic E-state index is 12.2. The van der Waals surface area contributed by atoms with Crippen LogP contribution in [0.3, 0.4) is 0 Å². The summed E-state index contributed by atoms with van der Waals surface area (Å²) in [5, 5.41) is 0. The predicted octanol–water partition coefficient (Wildman–Crippen LogP) is 2.63. The van der Waals surface area contributed by atoms with Crippen molar-refractivity contribution in [3.63, 3.8) is 0 Å². The normalized spacial score (nSPS) is 31.6. The summed E-state index contributed by atoms with van der Waals surface area (Å²) in [4.78, 5) is 12.2. The van der Waals surface area contributed by atoms with E-state index < -0.39 is 0 Å². The van der Waals surface area contributed by atoms with Gasteiger partial charge in [-0.2, -0.15) is 0 Å². The van der Waals surface area contributed by atoms with E-state index in [-0.39, 0.29) is 17.5 Å². The zero-order valence-corrected chi connectivity index (χ0v) is 10.9. The molecule has 98 valence electrons. The van der Waals surface area contributed by atoms with Gasteiger partial charge in [-0.1, -0.05) is 19.8 Å². The Balaban J connectivity index is 1.92. The van der Waals surface area contributed by atoms with E-state index >= 15 is 0 Å². The molecule has 2 fully saturated rings. The van der Waals surface area contributed by atoms with Crippen molar-refractivity contribution in [1.29, 1.82) is 0 Å². The van der Waals surface area contributed by atoms with Gasteiger partial charge in [0.05, 0.1) is 5.41 Å². The Bertz CT molecular complexity index is 268. The molecule has 0 aliphatic heterocycles. The molecule has 2 aliphatic rings. The standard InChI is InChI=1S/C14H25NO2/c1-2-11-6-3-4-7-12(11)17-13(16)14(10-15)8-5-9-14/h11-12H,2-10,15H2,1H3. The summed E-state index contributed by atoms with van der Waals surface area (Å²) < 4.78 is 5.77. The second-order valence-electron chi connectivity index (χ2n) is 5.73. The highest BCUT2D eigenvalue weighted by atomic mass is 16.5. The van der Waals surface area contributed by atoms with Crippen molar-refractivity contribution in [2.45, 2.75) is 64.4 Å². The lowest BCUT2D eigenvalue weighted by molar-refractivity contribution is -0.171. The average molecular weight is 239 g/mol. The van der Waals surface area contributed by atoms with Crippen LogP contribution in [0, 0.1) is 11.3 Å². The van der Waals surface area contributed by atoms with Gasteiger partial charge < -0.3 is 10.5 Å². The first-order chi connectivity index (χ1) is 8.22. The minimum atomic E-state index is -0.324. The highest BCUT2D eigenvalue weighted by Gasteiger charge is 2.45. The Hall–Kier alpha value is -0.570. The van der Waals surface area contributed by atoms with Crippen LogP contribution in [-0.4, -0.2) is 18.6 Å². The first-order valence-corrected chi connectivity index (χ1v) is 7.13. The number of carbonyl (C=O) groups is 1. The predicted molar refractivity (Wildman–Crippen MR) is 67.5 cm³/mol. The molecule has 2 aliphatic carbocycles. The lowest BCUT2D eigenvalue weighted by Gasteiger charge is -2.40. The Morgan fingerprint density at radius 1 is 1.29 bits per heavy atom. The van der Waals surface area contributed by atoms with Crippen molar-refractivity contribution < 1.29 is 9.53 Å². The molecule has 0 heterocycles. The minimum Gasteiger partial charge on any atom is -0.462 e. The van der Waals surface area contributed by atoms with Crippen molar-refractivity contribution >= 4 is 5.97 Å². The number of ether oxygens (including phenoxy) is 1. The van der Waals surface area contributed by atoms with Crippen molar-refractivity contribution in [1.82, 2.24) is 0 Å². The van der Waals surface area contributed by atoms with E-state index in [4.69, 9.17) is 10.5 Å². The van der Waals surface area contributed by atoms with Crippen LogP contribution in [0.5, 0.6) is 0 Å². The molecule has 0 amide bonds. The molecule has 3 nitrogen and oxygen atoms in total. The summed E-state index contributed by atoms with van der Waals surface area (Å²) in [5.74, 6) is 0.555. The van der Waals surface area contributed by atoms with Crippen LogP contribution in [0.2, 0.25) is 0 Å². The number of esters is 1. The molecule has 0 radical (unpaired) electrons. The third kappa shape index (κ3) is 2.49. The molecule has 2 saturated carbocycles. The first kappa shape index (κ1) is 12.9. The maximum atomic E-state index is 12.2. The van der Waals surface area contributed by atoms with E-state index in [9.17, 15) is 4.79 Å². The van der Waals surface area contributed by atoms with Gasteiger partial charge in [0.1, 0.15) is 6.10 Å². The zero-order chi connectivity index (χ0) is 12.3. The molecule has 0 aromatic carbocycles. The molecule has 0 aromatic rings. The van der Waals surface area contributed by atoms with Crippen LogP contribution in [0.4, 0.5) is 0 Å². The fraction of sp³-hybridized carbons (Fsp3) is 0.929. The van der Waals surface area contributed by atoms with E-state index in [1.807, 2.05) is 0 Å². The molecule has 2 unspecified atom stereocenters. The van der Waals surface area contributed by atoms with Gasteiger partial charge in [-0.15, -0.1) is 0 Å². The van der Waals surface area contributed by atoms with Crippen molar-refractivity contribution in [2.75, 3.05) is 6.54 Å². The van der Waals surface area contributed by atoms with Gasteiger partial charge in [0.2, 0.25) is 0 Å². The largest absolute Gasteiger partial charge is 0.462 e. The SMILES string of the molecule is CCC1CCCCC1OC(=O)C1(CN)CCC1. The van der Waals surface area contributed by atoms with Crippen LogP contribution in [0.25, 0.3) is 0 Å². The average Bonchev–Trinajstić information content (AvgIpc) is 2.29. The molecule has 2 N–H and O–H groups in total. The highest BCUT2D eigenvalue weighted by Crippen LogP contribution is 2.42. The number of nitrogens with two attached hydrogens (primary N) is 1. The topological polar surface area (TPSA) is 52.3 Å². The summed E-state index contributed by atoms with van der Waals surface area (Å²) in [7, 11) is 0. The van der Waals surface area contributed by atoms with Gasteiger partial charge in [0, 0.05) is 6.54 Å². The minimum absolute atomic E-state index is 0.0170. The number of rotatable bonds is 4. The summed E-state index contributed by atoms with van der Waals surface area (Å²) in [6, 6.07) is 0. The Kier molecular flexibility index (Phi) is 4.08. The van der Waals surface area contributed by atoms with E-state index in [1.165, 1.54) is 19.3 Å². The molecular weight excluding hydrogens is 214 g/mol. The quantitative estimate of drug-likeness (QED) is 0.767. The smallest absolute Gasteiger partial charge is 0.313 e. The zero-order valence-electron chi connectivity index (χ0n) is 10.9. The van der Waals surface area contributed by atoms with Crippen LogP contribution < -0.4 is 5.73 Å². The van der Waals surface area contributed by atoms with Gasteiger partial charge in [0.25, 0.3) is 0 Å².